The van der Waals surface area contributed by atoms with E-state index >= 15 is 0 Å². The third kappa shape index (κ3) is 2.88. The summed E-state index contributed by atoms with van der Waals surface area (Å²) in [4.78, 5) is 5.50. The number of hydrogen-bond donors (Lipinski definition) is 2. The standard InChI is InChI=1S/C12H15N3OS/c1-8-6-15-12(17-8)7-14-11-5-9(16-2)3-4-10(11)13/h3-6,14H,7,13H2,1-2H3. The van der Waals surface area contributed by atoms with E-state index in [1.165, 1.54) is 4.88 Å². The van der Waals surface area contributed by atoms with Crippen molar-refractivity contribution >= 4 is 22.7 Å². The van der Waals surface area contributed by atoms with Gasteiger partial charge in [0.05, 0.1) is 25.0 Å². The molecule has 0 fully saturated rings. The number of hydrogen-bond acceptors (Lipinski definition) is 5. The molecule has 0 unspecified atom stereocenters. The number of anilines is 2. The topological polar surface area (TPSA) is 60.2 Å². The summed E-state index contributed by atoms with van der Waals surface area (Å²) in [6, 6.07) is 5.55. The number of nitrogens with zero attached hydrogens (tertiary/aromatic N) is 1. The molecule has 0 saturated heterocycles. The minimum Gasteiger partial charge on any atom is -0.497 e. The van der Waals surface area contributed by atoms with Gasteiger partial charge in [0, 0.05) is 17.1 Å². The van der Waals surface area contributed by atoms with Gasteiger partial charge >= 0.3 is 0 Å². The van der Waals surface area contributed by atoms with Crippen molar-refractivity contribution in [3.05, 3.63) is 34.3 Å². The Morgan fingerprint density at radius 1 is 1.47 bits per heavy atom. The number of ether oxygens (including phenoxy) is 1. The van der Waals surface area contributed by atoms with E-state index in [1.807, 2.05) is 31.3 Å². The Hall–Kier alpha value is -1.75. The molecule has 5 heteroatoms. The average Bonchev–Trinajstić information content (AvgIpc) is 2.74. The molecule has 0 atom stereocenters. The van der Waals surface area contributed by atoms with Crippen LogP contribution in [0.15, 0.2) is 24.4 Å². The molecule has 0 radical (unpaired) electrons. The number of thiazole rings is 1. The predicted octanol–water partition coefficient (Wildman–Crippen LogP) is 2.65. The molecular formula is C12H15N3OS. The highest BCUT2D eigenvalue weighted by Crippen LogP contribution is 2.25. The van der Waals surface area contributed by atoms with Gasteiger partial charge < -0.3 is 15.8 Å². The van der Waals surface area contributed by atoms with Gasteiger partial charge in [-0.3, -0.25) is 0 Å². The molecule has 2 rings (SSSR count). The van der Waals surface area contributed by atoms with Crippen LogP contribution in [0.5, 0.6) is 5.75 Å². The highest BCUT2D eigenvalue weighted by atomic mass is 32.1. The van der Waals surface area contributed by atoms with Gasteiger partial charge in [0.25, 0.3) is 0 Å². The molecule has 0 aliphatic carbocycles. The monoisotopic (exact) mass is 249 g/mol. The van der Waals surface area contributed by atoms with Crippen LogP contribution in [0.25, 0.3) is 0 Å². The molecule has 0 bridgehead atoms. The van der Waals surface area contributed by atoms with E-state index in [9.17, 15) is 0 Å². The summed E-state index contributed by atoms with van der Waals surface area (Å²) >= 11 is 1.68. The van der Waals surface area contributed by atoms with Crippen LogP contribution in [-0.2, 0) is 6.54 Å². The van der Waals surface area contributed by atoms with Crippen LogP contribution >= 0.6 is 11.3 Å². The van der Waals surface area contributed by atoms with Crippen molar-refractivity contribution < 1.29 is 4.74 Å². The Morgan fingerprint density at radius 2 is 2.29 bits per heavy atom. The molecular weight excluding hydrogens is 234 g/mol. The molecule has 3 N–H and O–H groups in total. The fourth-order valence-electron chi connectivity index (χ4n) is 1.47. The Morgan fingerprint density at radius 3 is 2.94 bits per heavy atom. The van der Waals surface area contributed by atoms with Gasteiger partial charge in [-0.2, -0.15) is 0 Å². The fourth-order valence-corrected chi connectivity index (χ4v) is 2.20. The Balaban J connectivity index is 2.07. The minimum absolute atomic E-state index is 0.676. The zero-order valence-electron chi connectivity index (χ0n) is 9.86. The normalized spacial score (nSPS) is 10.2. The predicted molar refractivity (Wildman–Crippen MR) is 71.6 cm³/mol. The number of nitrogens with two attached hydrogens (primary N) is 1. The molecule has 1 heterocycles. The van der Waals surface area contributed by atoms with E-state index in [0.717, 1.165) is 16.4 Å². The Bertz CT molecular complexity index is 510. The quantitative estimate of drug-likeness (QED) is 0.818. The second-order valence-corrected chi connectivity index (χ2v) is 4.99. The molecule has 17 heavy (non-hydrogen) atoms. The van der Waals surface area contributed by atoms with Crippen molar-refractivity contribution in [2.75, 3.05) is 18.2 Å². The second kappa shape index (κ2) is 5.05. The fraction of sp³-hybridized carbons (Fsp3) is 0.250. The van der Waals surface area contributed by atoms with Crippen LogP contribution in [0.2, 0.25) is 0 Å². The largest absolute Gasteiger partial charge is 0.497 e. The Kier molecular flexibility index (Phi) is 3.49. The number of rotatable bonds is 4. The van der Waals surface area contributed by atoms with Crippen LogP contribution in [0.4, 0.5) is 11.4 Å². The van der Waals surface area contributed by atoms with Crippen LogP contribution in [0, 0.1) is 6.92 Å². The highest BCUT2D eigenvalue weighted by Gasteiger charge is 2.03. The van der Waals surface area contributed by atoms with Crippen molar-refractivity contribution in [2.45, 2.75) is 13.5 Å². The first-order chi connectivity index (χ1) is 8.19. The van der Waals surface area contributed by atoms with Crippen LogP contribution in [-0.4, -0.2) is 12.1 Å². The summed E-state index contributed by atoms with van der Waals surface area (Å²) in [5, 5.41) is 4.31. The van der Waals surface area contributed by atoms with Crippen molar-refractivity contribution in [3.63, 3.8) is 0 Å². The van der Waals surface area contributed by atoms with Crippen molar-refractivity contribution in [2.24, 2.45) is 0 Å². The lowest BCUT2D eigenvalue weighted by atomic mass is 10.2. The highest BCUT2D eigenvalue weighted by molar-refractivity contribution is 7.11. The number of nitrogens with one attached hydrogen (secondary N) is 1. The van der Waals surface area contributed by atoms with Crippen LogP contribution in [0.3, 0.4) is 0 Å². The van der Waals surface area contributed by atoms with E-state index in [-0.39, 0.29) is 0 Å². The molecule has 4 nitrogen and oxygen atoms in total. The van der Waals surface area contributed by atoms with Gasteiger partial charge in [-0.1, -0.05) is 0 Å². The van der Waals surface area contributed by atoms with Crippen molar-refractivity contribution in [3.8, 4) is 5.75 Å². The van der Waals surface area contributed by atoms with E-state index in [4.69, 9.17) is 10.5 Å². The summed E-state index contributed by atoms with van der Waals surface area (Å²) in [7, 11) is 1.64. The van der Waals surface area contributed by atoms with Crippen LogP contribution in [0.1, 0.15) is 9.88 Å². The average molecular weight is 249 g/mol. The summed E-state index contributed by atoms with van der Waals surface area (Å²) in [5.41, 5.74) is 7.46. The van der Waals surface area contributed by atoms with E-state index in [1.54, 1.807) is 18.4 Å². The lowest BCUT2D eigenvalue weighted by Gasteiger charge is -2.09. The van der Waals surface area contributed by atoms with Gasteiger partial charge in [-0.15, -0.1) is 11.3 Å². The summed E-state index contributed by atoms with van der Waals surface area (Å²) in [6.07, 6.45) is 1.87. The molecule has 0 aliphatic rings. The lowest BCUT2D eigenvalue weighted by molar-refractivity contribution is 0.415. The summed E-state index contributed by atoms with van der Waals surface area (Å²) < 4.78 is 5.16. The maximum Gasteiger partial charge on any atom is 0.121 e. The van der Waals surface area contributed by atoms with Gasteiger partial charge in [0.2, 0.25) is 0 Å². The summed E-state index contributed by atoms with van der Waals surface area (Å²) in [5.74, 6) is 0.789. The minimum atomic E-state index is 0.676. The smallest absolute Gasteiger partial charge is 0.121 e. The lowest BCUT2D eigenvalue weighted by Crippen LogP contribution is -2.02. The molecule has 1 aromatic carbocycles. The summed E-state index contributed by atoms with van der Waals surface area (Å²) in [6.45, 7) is 2.72. The van der Waals surface area contributed by atoms with E-state index in [2.05, 4.69) is 10.3 Å². The van der Waals surface area contributed by atoms with E-state index < -0.39 is 0 Å². The number of aromatic nitrogens is 1. The molecule has 90 valence electrons. The van der Waals surface area contributed by atoms with Crippen molar-refractivity contribution in [1.29, 1.82) is 0 Å². The molecule has 0 saturated carbocycles. The molecule has 0 spiro atoms. The zero-order valence-corrected chi connectivity index (χ0v) is 10.7. The SMILES string of the molecule is COc1ccc(N)c(NCc2ncc(C)s2)c1. The maximum absolute atomic E-state index is 5.88. The Labute approximate surface area is 104 Å². The first-order valence-electron chi connectivity index (χ1n) is 5.27. The third-order valence-electron chi connectivity index (χ3n) is 2.36. The third-order valence-corrected chi connectivity index (χ3v) is 3.27. The molecule has 0 amide bonds. The maximum atomic E-state index is 5.88. The second-order valence-electron chi connectivity index (χ2n) is 3.67. The van der Waals surface area contributed by atoms with Gasteiger partial charge in [0.1, 0.15) is 10.8 Å². The van der Waals surface area contributed by atoms with Crippen molar-refractivity contribution in [1.82, 2.24) is 4.98 Å². The first kappa shape index (κ1) is 11.7. The van der Waals surface area contributed by atoms with Gasteiger partial charge in [-0.05, 0) is 19.1 Å². The van der Waals surface area contributed by atoms with Crippen LogP contribution < -0.4 is 15.8 Å². The van der Waals surface area contributed by atoms with Gasteiger partial charge in [-0.25, -0.2) is 4.98 Å². The number of nitrogen functional groups attached to an aromatic ring is 1. The first-order valence-corrected chi connectivity index (χ1v) is 6.09. The number of benzene rings is 1. The van der Waals surface area contributed by atoms with E-state index in [0.29, 0.717) is 12.2 Å². The van der Waals surface area contributed by atoms with Gasteiger partial charge in [0.15, 0.2) is 0 Å². The molecule has 1 aromatic heterocycles. The number of aryl methyl sites for hydroxylation is 1. The zero-order chi connectivity index (χ0) is 12.3. The molecule has 0 aliphatic heterocycles. The number of methoxy groups -OCH3 is 1. The molecule has 2 aromatic rings.